The maximum atomic E-state index is 11.2. The number of piperidine rings is 3. The zero-order chi connectivity index (χ0) is 14.1. The minimum atomic E-state index is -0.781. The number of hydrogen-bond donors (Lipinski definition) is 1. The zero-order valence-electron chi connectivity index (χ0n) is 11.3. The first kappa shape index (κ1) is 13.7. The monoisotopic (exact) mass is 294 g/mol. The van der Waals surface area contributed by atoms with E-state index in [9.17, 15) is 9.90 Å². The van der Waals surface area contributed by atoms with E-state index in [0.29, 0.717) is 17.0 Å². The van der Waals surface area contributed by atoms with E-state index >= 15 is 0 Å². The van der Waals surface area contributed by atoms with Crippen molar-refractivity contribution in [1.29, 1.82) is 0 Å². The van der Waals surface area contributed by atoms with Gasteiger partial charge in [0, 0.05) is 23.3 Å². The molecule has 3 fully saturated rings. The van der Waals surface area contributed by atoms with Crippen LogP contribution in [0.5, 0.6) is 0 Å². The minimum absolute atomic E-state index is 0.0522. The molecule has 3 saturated heterocycles. The minimum Gasteiger partial charge on any atom is -0.480 e. The van der Waals surface area contributed by atoms with Crippen LogP contribution in [0.3, 0.4) is 0 Å². The summed E-state index contributed by atoms with van der Waals surface area (Å²) in [4.78, 5) is 15.7. The number of benzene rings is 1. The summed E-state index contributed by atoms with van der Waals surface area (Å²) in [5.74, 6) is -0.175. The smallest absolute Gasteiger partial charge is 0.323 e. The number of carboxylic acids is 1. The van der Waals surface area contributed by atoms with Crippen LogP contribution in [-0.4, -0.2) is 48.2 Å². The molecule has 1 aromatic carbocycles. The Balaban J connectivity index is 1.86. The summed E-state index contributed by atoms with van der Waals surface area (Å²) >= 11 is 5.93. The van der Waals surface area contributed by atoms with Gasteiger partial charge in [0.05, 0.1) is 0 Å². The number of aliphatic carboxylic acids is 1. The Morgan fingerprint density at radius 2 is 1.95 bits per heavy atom. The van der Waals surface area contributed by atoms with Gasteiger partial charge in [-0.3, -0.25) is 4.79 Å². The normalized spacial score (nSPS) is 28.4. The first-order valence-corrected chi connectivity index (χ1v) is 7.47. The van der Waals surface area contributed by atoms with Gasteiger partial charge in [0.1, 0.15) is 6.54 Å². The summed E-state index contributed by atoms with van der Waals surface area (Å²) in [7, 11) is 0. The summed E-state index contributed by atoms with van der Waals surface area (Å²) < 4.78 is 0. The highest BCUT2D eigenvalue weighted by atomic mass is 35.5. The number of carbonyl (C=O) groups is 1. The van der Waals surface area contributed by atoms with Crippen molar-refractivity contribution in [3.05, 3.63) is 29.3 Å². The molecular formula is C15H19ClN2O2. The van der Waals surface area contributed by atoms with Gasteiger partial charge in [-0.05, 0) is 56.1 Å². The molecule has 1 atom stereocenters. The highest BCUT2D eigenvalue weighted by molar-refractivity contribution is 6.30. The van der Waals surface area contributed by atoms with Crippen LogP contribution in [0.4, 0.5) is 5.69 Å². The van der Waals surface area contributed by atoms with Crippen molar-refractivity contribution in [2.75, 3.05) is 31.1 Å². The van der Waals surface area contributed by atoms with Crippen molar-refractivity contribution in [3.8, 4) is 0 Å². The number of hydrogen-bond acceptors (Lipinski definition) is 3. The van der Waals surface area contributed by atoms with Gasteiger partial charge >= 0.3 is 5.97 Å². The van der Waals surface area contributed by atoms with Gasteiger partial charge < -0.3 is 14.9 Å². The predicted octanol–water partition coefficient (Wildman–Crippen LogP) is 2.33. The second-order valence-electron chi connectivity index (χ2n) is 5.70. The molecule has 5 heteroatoms. The third kappa shape index (κ3) is 2.76. The summed E-state index contributed by atoms with van der Waals surface area (Å²) in [6.07, 6.45) is 2.35. The van der Waals surface area contributed by atoms with Gasteiger partial charge in [-0.1, -0.05) is 11.6 Å². The fraction of sp³-hybridized carbons (Fsp3) is 0.533. The Kier molecular flexibility index (Phi) is 3.85. The predicted molar refractivity (Wildman–Crippen MR) is 79.4 cm³/mol. The van der Waals surface area contributed by atoms with E-state index in [1.165, 1.54) is 12.8 Å². The molecule has 1 aromatic rings. The molecule has 3 aliphatic heterocycles. The van der Waals surface area contributed by atoms with E-state index in [4.69, 9.17) is 11.6 Å². The third-order valence-corrected chi connectivity index (χ3v) is 4.74. The average Bonchev–Trinajstić information content (AvgIpc) is 2.47. The molecular weight excluding hydrogens is 276 g/mol. The molecule has 4 rings (SSSR count). The van der Waals surface area contributed by atoms with Gasteiger partial charge in [0.15, 0.2) is 0 Å². The molecule has 20 heavy (non-hydrogen) atoms. The van der Waals surface area contributed by atoms with Crippen molar-refractivity contribution >= 4 is 23.3 Å². The van der Waals surface area contributed by atoms with Crippen LogP contribution in [0, 0.1) is 5.92 Å². The molecule has 0 spiro atoms. The van der Waals surface area contributed by atoms with Gasteiger partial charge in [0.2, 0.25) is 0 Å². The molecule has 0 amide bonds. The molecule has 108 valence electrons. The molecule has 0 aromatic heterocycles. The van der Waals surface area contributed by atoms with E-state index in [1.807, 2.05) is 29.2 Å². The molecule has 2 bridgehead atoms. The second kappa shape index (κ2) is 5.62. The van der Waals surface area contributed by atoms with E-state index in [0.717, 1.165) is 25.3 Å². The fourth-order valence-corrected chi connectivity index (χ4v) is 3.59. The second-order valence-corrected chi connectivity index (χ2v) is 6.14. The Hall–Kier alpha value is -1.26. The number of nitrogens with zero attached hydrogens (tertiary/aromatic N) is 2. The molecule has 4 nitrogen and oxygen atoms in total. The lowest BCUT2D eigenvalue weighted by molar-refractivity contribution is -0.135. The standard InChI is InChI=1S/C15H19ClN2O2/c16-12-1-3-13(4-2-12)18(10-15(19)20)14-9-17-7-5-11(14)6-8-17/h1-4,11,14H,5-10H2,(H,19,20). The first-order chi connectivity index (χ1) is 9.63. The molecule has 0 aliphatic carbocycles. The lowest BCUT2D eigenvalue weighted by Crippen LogP contribution is -2.58. The Labute approximate surface area is 123 Å². The van der Waals surface area contributed by atoms with Crippen LogP contribution in [0.15, 0.2) is 24.3 Å². The lowest BCUT2D eigenvalue weighted by atomic mass is 9.83. The van der Waals surface area contributed by atoms with Crippen LogP contribution in [0.1, 0.15) is 12.8 Å². The van der Waals surface area contributed by atoms with Gasteiger partial charge in [-0.2, -0.15) is 0 Å². The highest BCUT2D eigenvalue weighted by Gasteiger charge is 2.38. The van der Waals surface area contributed by atoms with Gasteiger partial charge in [0.25, 0.3) is 0 Å². The van der Waals surface area contributed by atoms with Crippen LogP contribution in [0.2, 0.25) is 5.02 Å². The van der Waals surface area contributed by atoms with E-state index in [2.05, 4.69) is 4.90 Å². The highest BCUT2D eigenvalue weighted by Crippen LogP contribution is 2.33. The molecule has 0 radical (unpaired) electrons. The molecule has 3 heterocycles. The lowest BCUT2D eigenvalue weighted by Gasteiger charge is -2.49. The zero-order valence-corrected chi connectivity index (χ0v) is 12.1. The van der Waals surface area contributed by atoms with E-state index in [-0.39, 0.29) is 6.54 Å². The Morgan fingerprint density at radius 3 is 2.45 bits per heavy atom. The number of fused-ring (bicyclic) bond motifs is 3. The summed E-state index contributed by atoms with van der Waals surface area (Å²) in [6.45, 7) is 3.34. The topological polar surface area (TPSA) is 43.8 Å². The Bertz CT molecular complexity index is 483. The van der Waals surface area contributed by atoms with E-state index < -0.39 is 5.97 Å². The summed E-state index contributed by atoms with van der Waals surface area (Å²) in [6, 6.07) is 7.79. The first-order valence-electron chi connectivity index (χ1n) is 7.10. The van der Waals surface area contributed by atoms with Crippen molar-refractivity contribution in [2.45, 2.75) is 18.9 Å². The van der Waals surface area contributed by atoms with Crippen LogP contribution >= 0.6 is 11.6 Å². The van der Waals surface area contributed by atoms with E-state index in [1.54, 1.807) is 0 Å². The summed E-state index contributed by atoms with van der Waals surface area (Å²) in [5, 5.41) is 9.90. The van der Waals surface area contributed by atoms with Gasteiger partial charge in [-0.15, -0.1) is 0 Å². The number of rotatable bonds is 4. The number of halogens is 1. The van der Waals surface area contributed by atoms with Crippen LogP contribution in [-0.2, 0) is 4.79 Å². The third-order valence-electron chi connectivity index (χ3n) is 4.49. The van der Waals surface area contributed by atoms with Gasteiger partial charge in [-0.25, -0.2) is 0 Å². The van der Waals surface area contributed by atoms with Crippen molar-refractivity contribution < 1.29 is 9.90 Å². The molecule has 0 saturated carbocycles. The summed E-state index contributed by atoms with van der Waals surface area (Å²) in [5.41, 5.74) is 0.954. The molecule has 3 aliphatic rings. The van der Waals surface area contributed by atoms with Crippen molar-refractivity contribution in [3.63, 3.8) is 0 Å². The largest absolute Gasteiger partial charge is 0.480 e. The SMILES string of the molecule is O=C(O)CN(c1ccc(Cl)cc1)C1CN2CCC1CC2. The van der Waals surface area contributed by atoms with Crippen LogP contribution < -0.4 is 4.90 Å². The number of anilines is 1. The quantitative estimate of drug-likeness (QED) is 0.925. The maximum Gasteiger partial charge on any atom is 0.323 e. The number of carboxylic acid groups (broad SMARTS) is 1. The van der Waals surface area contributed by atoms with Crippen LogP contribution in [0.25, 0.3) is 0 Å². The Morgan fingerprint density at radius 1 is 1.30 bits per heavy atom. The fourth-order valence-electron chi connectivity index (χ4n) is 3.47. The van der Waals surface area contributed by atoms with Crippen molar-refractivity contribution in [1.82, 2.24) is 4.90 Å². The molecule has 1 unspecified atom stereocenters. The maximum absolute atomic E-state index is 11.2. The van der Waals surface area contributed by atoms with Crippen molar-refractivity contribution in [2.24, 2.45) is 5.92 Å². The average molecular weight is 295 g/mol. The molecule has 1 N–H and O–H groups in total.